The van der Waals surface area contributed by atoms with Crippen molar-refractivity contribution in [3.05, 3.63) is 90.0 Å². The van der Waals surface area contributed by atoms with Crippen LogP contribution in [-0.4, -0.2) is 14.5 Å². The molecule has 2 heterocycles. The maximum absolute atomic E-state index is 4.73. The molecule has 2 aromatic carbocycles. The Bertz CT molecular complexity index is 1110. The van der Waals surface area contributed by atoms with Gasteiger partial charge in [-0.15, -0.1) is 0 Å². The lowest BCUT2D eigenvalue weighted by Gasteiger charge is -2.23. The molecular formula is C27H29N3. The predicted molar refractivity (Wildman–Crippen MR) is 125 cm³/mol. The number of imidazole rings is 1. The third-order valence-corrected chi connectivity index (χ3v) is 5.60. The molecule has 0 aliphatic rings. The fraction of sp³-hybridized carbons (Fsp3) is 0.259. The molecule has 3 nitrogen and oxygen atoms in total. The minimum Gasteiger partial charge on any atom is -0.299 e. The van der Waals surface area contributed by atoms with Gasteiger partial charge >= 0.3 is 0 Å². The van der Waals surface area contributed by atoms with Crippen molar-refractivity contribution in [2.75, 3.05) is 0 Å². The second-order valence-corrected chi connectivity index (χ2v) is 8.54. The number of benzene rings is 2. The summed E-state index contributed by atoms with van der Waals surface area (Å²) in [4.78, 5) is 9.06. The molecular weight excluding hydrogens is 366 g/mol. The topological polar surface area (TPSA) is 30.7 Å². The van der Waals surface area contributed by atoms with Crippen LogP contribution in [0.25, 0.3) is 28.2 Å². The monoisotopic (exact) mass is 395 g/mol. The minimum atomic E-state index is 0.377. The molecule has 0 spiro atoms. The Morgan fingerprint density at radius 2 is 1.43 bits per heavy atom. The van der Waals surface area contributed by atoms with Crippen LogP contribution in [0.1, 0.15) is 56.2 Å². The van der Waals surface area contributed by atoms with Crippen molar-refractivity contribution in [1.29, 1.82) is 0 Å². The van der Waals surface area contributed by atoms with Crippen LogP contribution >= 0.6 is 0 Å². The molecule has 2 aromatic heterocycles. The fourth-order valence-corrected chi connectivity index (χ4v) is 3.94. The summed E-state index contributed by atoms with van der Waals surface area (Å²) < 4.78 is 2.27. The van der Waals surface area contributed by atoms with E-state index < -0.39 is 0 Å². The number of pyridine rings is 1. The highest BCUT2D eigenvalue weighted by atomic mass is 15.1. The zero-order valence-corrected chi connectivity index (χ0v) is 18.4. The highest BCUT2D eigenvalue weighted by Gasteiger charge is 2.20. The Balaban J connectivity index is 1.97. The van der Waals surface area contributed by atoms with Gasteiger partial charge in [-0.2, -0.15) is 0 Å². The lowest BCUT2D eigenvalue weighted by molar-refractivity contribution is 0.807. The number of hydrogen-bond donors (Lipinski definition) is 0. The van der Waals surface area contributed by atoms with Gasteiger partial charge in [-0.25, -0.2) is 4.98 Å². The largest absolute Gasteiger partial charge is 0.299 e. The summed E-state index contributed by atoms with van der Waals surface area (Å²) in [5.41, 5.74) is 8.65. The zero-order valence-electron chi connectivity index (χ0n) is 18.4. The van der Waals surface area contributed by atoms with E-state index in [1.807, 2.05) is 24.7 Å². The molecule has 0 bridgehead atoms. The van der Waals surface area contributed by atoms with E-state index in [2.05, 4.69) is 92.8 Å². The predicted octanol–water partition coefficient (Wildman–Crippen LogP) is 7.16. The standard InChI is InChI=1S/C27H29N3/c1-18(2)24-15-23(22-7-6-12-28-17-22)16-25(19(3)4)26(24)30-14-13-29-27(30)21-10-8-20(5)9-11-21/h6-19H,1-5H3. The van der Waals surface area contributed by atoms with Crippen molar-refractivity contribution in [3.63, 3.8) is 0 Å². The molecule has 0 amide bonds. The number of rotatable bonds is 5. The lowest BCUT2D eigenvalue weighted by atomic mass is 9.88. The van der Waals surface area contributed by atoms with Crippen molar-refractivity contribution < 1.29 is 0 Å². The van der Waals surface area contributed by atoms with Crippen LogP contribution in [0.3, 0.4) is 0 Å². The SMILES string of the molecule is Cc1ccc(-c2nccn2-c2c(C(C)C)cc(-c3cccnc3)cc2C(C)C)cc1. The molecule has 0 unspecified atom stereocenters. The molecule has 30 heavy (non-hydrogen) atoms. The fourth-order valence-electron chi connectivity index (χ4n) is 3.94. The Hall–Kier alpha value is -3.20. The summed E-state index contributed by atoms with van der Waals surface area (Å²) in [6.07, 6.45) is 7.76. The van der Waals surface area contributed by atoms with Gasteiger partial charge in [0, 0.05) is 35.9 Å². The Morgan fingerprint density at radius 1 is 0.767 bits per heavy atom. The first-order chi connectivity index (χ1) is 14.5. The Labute approximate surface area is 179 Å². The molecule has 0 fully saturated rings. The van der Waals surface area contributed by atoms with Crippen LogP contribution in [0.2, 0.25) is 0 Å². The summed E-state index contributed by atoms with van der Waals surface area (Å²) in [6, 6.07) is 17.4. The molecule has 3 heteroatoms. The highest BCUT2D eigenvalue weighted by molar-refractivity contribution is 5.71. The Morgan fingerprint density at radius 3 is 2.00 bits per heavy atom. The van der Waals surface area contributed by atoms with Crippen molar-refractivity contribution in [2.45, 2.75) is 46.5 Å². The third kappa shape index (κ3) is 3.80. The van der Waals surface area contributed by atoms with Gasteiger partial charge in [0.05, 0.1) is 5.69 Å². The zero-order chi connectivity index (χ0) is 21.3. The normalized spacial score (nSPS) is 11.4. The molecule has 0 atom stereocenters. The molecule has 4 rings (SSSR count). The second kappa shape index (κ2) is 8.27. The minimum absolute atomic E-state index is 0.377. The van der Waals surface area contributed by atoms with Crippen LogP contribution in [0.15, 0.2) is 73.3 Å². The summed E-state index contributed by atoms with van der Waals surface area (Å²) >= 11 is 0. The molecule has 152 valence electrons. The van der Waals surface area contributed by atoms with Gasteiger partial charge in [-0.05, 0) is 53.6 Å². The summed E-state index contributed by atoms with van der Waals surface area (Å²) in [5, 5.41) is 0. The molecule has 0 saturated heterocycles. The molecule has 0 aliphatic carbocycles. The second-order valence-electron chi connectivity index (χ2n) is 8.54. The van der Waals surface area contributed by atoms with Crippen molar-refractivity contribution in [2.24, 2.45) is 0 Å². The molecule has 0 saturated carbocycles. The number of nitrogens with zero attached hydrogens (tertiary/aromatic N) is 3. The van der Waals surface area contributed by atoms with E-state index in [0.717, 1.165) is 17.0 Å². The van der Waals surface area contributed by atoms with Gasteiger partial charge in [0.25, 0.3) is 0 Å². The van der Waals surface area contributed by atoms with Crippen LogP contribution in [0.4, 0.5) is 0 Å². The Kier molecular flexibility index (Phi) is 5.54. The van der Waals surface area contributed by atoms with Crippen molar-refractivity contribution >= 4 is 0 Å². The van der Waals surface area contributed by atoms with Gasteiger partial charge in [-0.3, -0.25) is 9.55 Å². The van der Waals surface area contributed by atoms with E-state index in [-0.39, 0.29) is 0 Å². The average Bonchev–Trinajstić information content (AvgIpc) is 3.23. The van der Waals surface area contributed by atoms with Gasteiger partial charge in [0.15, 0.2) is 0 Å². The highest BCUT2D eigenvalue weighted by Crippen LogP contribution is 2.37. The smallest absolute Gasteiger partial charge is 0.144 e. The maximum atomic E-state index is 4.73. The first-order valence-electron chi connectivity index (χ1n) is 10.6. The van der Waals surface area contributed by atoms with Crippen LogP contribution in [0.5, 0.6) is 0 Å². The van der Waals surface area contributed by atoms with Gasteiger partial charge in [-0.1, -0.05) is 63.6 Å². The van der Waals surface area contributed by atoms with Crippen LogP contribution in [-0.2, 0) is 0 Å². The van der Waals surface area contributed by atoms with Crippen LogP contribution < -0.4 is 0 Å². The number of hydrogen-bond acceptors (Lipinski definition) is 2. The van der Waals surface area contributed by atoms with Gasteiger partial charge in [0.2, 0.25) is 0 Å². The number of aromatic nitrogens is 3. The first kappa shape index (κ1) is 20.1. The summed E-state index contributed by atoms with van der Waals surface area (Å²) in [7, 11) is 0. The van der Waals surface area contributed by atoms with E-state index in [1.54, 1.807) is 0 Å². The maximum Gasteiger partial charge on any atom is 0.144 e. The third-order valence-electron chi connectivity index (χ3n) is 5.60. The van der Waals surface area contributed by atoms with Gasteiger partial charge in [0.1, 0.15) is 5.82 Å². The van der Waals surface area contributed by atoms with E-state index >= 15 is 0 Å². The van der Waals surface area contributed by atoms with Crippen LogP contribution in [0, 0.1) is 6.92 Å². The first-order valence-corrected chi connectivity index (χ1v) is 10.6. The molecule has 0 radical (unpaired) electrons. The summed E-state index contributed by atoms with van der Waals surface area (Å²) in [6.45, 7) is 11.2. The molecule has 4 aromatic rings. The van der Waals surface area contributed by atoms with Gasteiger partial charge < -0.3 is 0 Å². The number of aryl methyl sites for hydroxylation is 1. The van der Waals surface area contributed by atoms with E-state index in [9.17, 15) is 0 Å². The van der Waals surface area contributed by atoms with E-state index in [0.29, 0.717) is 11.8 Å². The lowest BCUT2D eigenvalue weighted by Crippen LogP contribution is -2.08. The average molecular weight is 396 g/mol. The van der Waals surface area contributed by atoms with E-state index in [1.165, 1.54) is 27.9 Å². The molecule has 0 aliphatic heterocycles. The van der Waals surface area contributed by atoms with E-state index in [4.69, 9.17) is 4.98 Å². The summed E-state index contributed by atoms with van der Waals surface area (Å²) in [5.74, 6) is 1.73. The van der Waals surface area contributed by atoms with Crippen molar-refractivity contribution in [3.8, 4) is 28.2 Å². The van der Waals surface area contributed by atoms with Crippen molar-refractivity contribution in [1.82, 2.24) is 14.5 Å². The molecule has 0 N–H and O–H groups in total. The quantitative estimate of drug-likeness (QED) is 0.359.